The molecule has 0 spiro atoms. The van der Waals surface area contributed by atoms with Crippen LogP contribution in [0.1, 0.15) is 150 Å². The topological polar surface area (TPSA) is 20.2 Å². The summed E-state index contributed by atoms with van der Waals surface area (Å²) in [7, 11) is -2.01. The fraction of sp³-hybridized carbons (Fsp3) is 1.00. The molecule has 0 saturated heterocycles. The number of rotatable bonds is 21. The summed E-state index contributed by atoms with van der Waals surface area (Å²) in [6.07, 6.45) is 25.6. The van der Waals surface area contributed by atoms with E-state index in [1.807, 2.05) is 0 Å². The van der Waals surface area contributed by atoms with Crippen molar-refractivity contribution in [1.29, 1.82) is 0 Å². The average Bonchev–Trinajstić information content (AvgIpc) is 2.66. The van der Waals surface area contributed by atoms with Gasteiger partial charge in [-0.15, -0.1) is 0 Å². The second-order valence-corrected chi connectivity index (χ2v) is 14.9. The minimum absolute atomic E-state index is 0.498. The zero-order chi connectivity index (χ0) is 21.1. The molecule has 0 atom stereocenters. The van der Waals surface area contributed by atoms with Crippen LogP contribution in [0.2, 0.25) is 17.1 Å². The van der Waals surface area contributed by atoms with Crippen LogP contribution < -0.4 is 0 Å². The Labute approximate surface area is 180 Å². The molecule has 1 N–H and O–H groups in total. The largest absolute Gasteiger partial charge is 0.431 e. The maximum atomic E-state index is 10.9. The highest BCUT2D eigenvalue weighted by molar-refractivity contribution is 6.75. The summed E-state index contributed by atoms with van der Waals surface area (Å²) >= 11 is 0. The van der Waals surface area contributed by atoms with Crippen molar-refractivity contribution in [1.82, 2.24) is 0 Å². The molecule has 0 aliphatic heterocycles. The number of hydrogen-bond acceptors (Lipinski definition) is 1. The van der Waals surface area contributed by atoms with Gasteiger partial charge in [-0.3, -0.25) is 0 Å². The van der Waals surface area contributed by atoms with E-state index in [9.17, 15) is 4.80 Å². The summed E-state index contributed by atoms with van der Waals surface area (Å²) in [5.41, 5.74) is 0.997. The van der Waals surface area contributed by atoms with Crippen LogP contribution >= 0.6 is 0 Å². The molecule has 0 aromatic rings. The molecule has 0 unspecified atom stereocenters. The summed E-state index contributed by atoms with van der Waals surface area (Å²) in [5.74, 6) is 0. The third-order valence-corrected chi connectivity index (χ3v) is 12.1. The predicted octanol–water partition coefficient (Wildman–Crippen LogP) is 9.79. The Morgan fingerprint density at radius 1 is 0.464 bits per heavy atom. The molecule has 0 aromatic heterocycles. The number of hydrogen-bond donors (Lipinski definition) is 1. The van der Waals surface area contributed by atoms with Gasteiger partial charge in [0, 0.05) is 0 Å². The molecule has 0 rings (SSSR count). The summed E-state index contributed by atoms with van der Waals surface area (Å²) in [5, 5.41) is 0. The van der Waals surface area contributed by atoms with E-state index in [-0.39, 0.29) is 0 Å². The van der Waals surface area contributed by atoms with Gasteiger partial charge in [-0.1, -0.05) is 150 Å². The molecular formula is C26H56OSi. The highest BCUT2D eigenvalue weighted by Gasteiger charge is 2.37. The van der Waals surface area contributed by atoms with Crippen molar-refractivity contribution >= 4 is 8.32 Å². The molecular weight excluding hydrogens is 356 g/mol. The molecule has 0 aliphatic carbocycles. The fourth-order valence-corrected chi connectivity index (χ4v) is 7.86. The Kier molecular flexibility index (Phi) is 19.3. The molecule has 1 nitrogen and oxygen atoms in total. The Bertz CT molecular complexity index is 306. The normalized spacial score (nSPS) is 12.4. The summed E-state index contributed by atoms with van der Waals surface area (Å²) in [6.45, 7) is 11.2. The second kappa shape index (κ2) is 19.2. The minimum Gasteiger partial charge on any atom is -0.431 e. The molecule has 0 heterocycles. The predicted molar refractivity (Wildman–Crippen MR) is 132 cm³/mol. The van der Waals surface area contributed by atoms with Gasteiger partial charge in [0.1, 0.15) is 0 Å². The Balaban J connectivity index is 3.28. The van der Waals surface area contributed by atoms with Gasteiger partial charge in [-0.05, 0) is 17.1 Å². The zero-order valence-electron chi connectivity index (χ0n) is 20.5. The van der Waals surface area contributed by atoms with Crippen LogP contribution in [-0.4, -0.2) is 13.1 Å². The van der Waals surface area contributed by atoms with Gasteiger partial charge >= 0.3 is 0 Å². The highest BCUT2D eigenvalue weighted by atomic mass is 28.4. The van der Waals surface area contributed by atoms with Crippen molar-refractivity contribution in [2.24, 2.45) is 0 Å². The van der Waals surface area contributed by atoms with Gasteiger partial charge in [0.2, 0.25) is 0 Å². The average molecular weight is 413 g/mol. The van der Waals surface area contributed by atoms with E-state index in [0.29, 0.717) is 11.1 Å². The van der Waals surface area contributed by atoms with Gasteiger partial charge in [-0.25, -0.2) is 0 Å². The van der Waals surface area contributed by atoms with Crippen molar-refractivity contribution in [3.63, 3.8) is 0 Å². The zero-order valence-corrected chi connectivity index (χ0v) is 21.5. The standard InChI is InChI=1S/C26H56OSi/c1-6-7-8-9-10-11-12-13-14-15-16-17-18-19-20-21-22-23-24-28(27,25(2)3)26(4)5/h25-27H,6-24H2,1-5H3. The second-order valence-electron chi connectivity index (χ2n) is 10.1. The smallest absolute Gasteiger partial charge is 0.193 e. The lowest BCUT2D eigenvalue weighted by atomic mass is 10.0. The van der Waals surface area contributed by atoms with E-state index < -0.39 is 8.32 Å². The van der Waals surface area contributed by atoms with Crippen molar-refractivity contribution in [2.75, 3.05) is 0 Å². The summed E-state index contributed by atoms with van der Waals surface area (Å²) in [4.78, 5) is 10.9. The van der Waals surface area contributed by atoms with Crippen molar-refractivity contribution < 1.29 is 4.80 Å². The van der Waals surface area contributed by atoms with E-state index in [0.717, 1.165) is 6.04 Å². The SMILES string of the molecule is CCCCCCCCCCCCCCCCCCCC[Si](O)(C(C)C)C(C)C. The monoisotopic (exact) mass is 412 g/mol. The molecule has 0 amide bonds. The fourth-order valence-electron chi connectivity index (χ4n) is 4.55. The van der Waals surface area contributed by atoms with E-state index in [1.54, 1.807) is 0 Å². The van der Waals surface area contributed by atoms with Crippen LogP contribution in [0.25, 0.3) is 0 Å². The third kappa shape index (κ3) is 15.1. The molecule has 0 aromatic carbocycles. The summed E-state index contributed by atoms with van der Waals surface area (Å²) < 4.78 is 0. The Hall–Kier alpha value is 0.177. The van der Waals surface area contributed by atoms with Crippen molar-refractivity contribution in [2.45, 2.75) is 167 Å². The molecule has 0 fully saturated rings. The third-order valence-electron chi connectivity index (χ3n) is 6.93. The lowest BCUT2D eigenvalue weighted by Gasteiger charge is -2.33. The molecule has 0 bridgehead atoms. The first-order valence-corrected chi connectivity index (χ1v) is 15.5. The molecule has 170 valence electrons. The Morgan fingerprint density at radius 2 is 0.714 bits per heavy atom. The van der Waals surface area contributed by atoms with Crippen LogP contribution in [0.3, 0.4) is 0 Å². The van der Waals surface area contributed by atoms with Gasteiger partial charge in [0.05, 0.1) is 0 Å². The van der Waals surface area contributed by atoms with Crippen LogP contribution in [0.4, 0.5) is 0 Å². The van der Waals surface area contributed by atoms with Crippen LogP contribution in [0, 0.1) is 0 Å². The van der Waals surface area contributed by atoms with E-state index in [2.05, 4.69) is 34.6 Å². The van der Waals surface area contributed by atoms with E-state index >= 15 is 0 Å². The lowest BCUT2D eigenvalue weighted by Crippen LogP contribution is -2.41. The lowest BCUT2D eigenvalue weighted by molar-refractivity contribution is 0.480. The van der Waals surface area contributed by atoms with E-state index in [1.165, 1.54) is 116 Å². The Morgan fingerprint density at radius 3 is 0.964 bits per heavy atom. The molecule has 0 saturated carbocycles. The van der Waals surface area contributed by atoms with Crippen molar-refractivity contribution in [3.05, 3.63) is 0 Å². The molecule has 2 heteroatoms. The molecule has 28 heavy (non-hydrogen) atoms. The van der Waals surface area contributed by atoms with Crippen molar-refractivity contribution in [3.8, 4) is 0 Å². The van der Waals surface area contributed by atoms with Crippen LogP contribution in [0.5, 0.6) is 0 Å². The highest BCUT2D eigenvalue weighted by Crippen LogP contribution is 2.34. The van der Waals surface area contributed by atoms with Gasteiger partial charge in [0.15, 0.2) is 8.32 Å². The van der Waals surface area contributed by atoms with Crippen LogP contribution in [-0.2, 0) is 0 Å². The molecule has 0 aliphatic rings. The van der Waals surface area contributed by atoms with Crippen LogP contribution in [0.15, 0.2) is 0 Å². The van der Waals surface area contributed by atoms with E-state index in [4.69, 9.17) is 0 Å². The quantitative estimate of drug-likeness (QED) is 0.147. The maximum absolute atomic E-state index is 10.9. The number of unbranched alkanes of at least 4 members (excludes halogenated alkanes) is 17. The molecule has 0 radical (unpaired) electrons. The van der Waals surface area contributed by atoms with Gasteiger partial charge < -0.3 is 4.80 Å². The summed E-state index contributed by atoms with van der Waals surface area (Å²) in [6, 6.07) is 1.11. The first-order valence-electron chi connectivity index (χ1n) is 13.2. The van der Waals surface area contributed by atoms with Gasteiger partial charge in [0.25, 0.3) is 0 Å². The van der Waals surface area contributed by atoms with Gasteiger partial charge in [-0.2, -0.15) is 0 Å². The first kappa shape index (κ1) is 28.2. The maximum Gasteiger partial charge on any atom is 0.193 e. The minimum atomic E-state index is -2.01. The first-order chi connectivity index (χ1) is 13.4.